The molecule has 4 nitrogen and oxygen atoms in total. The van der Waals surface area contributed by atoms with Crippen molar-refractivity contribution in [2.45, 2.75) is 31.7 Å². The fourth-order valence-electron chi connectivity index (χ4n) is 2.93. The van der Waals surface area contributed by atoms with Crippen LogP contribution in [0.1, 0.15) is 36.0 Å². The molecular weight excluding hydrogens is 254 g/mol. The molecule has 1 aliphatic carbocycles. The van der Waals surface area contributed by atoms with Gasteiger partial charge in [0.05, 0.1) is 25.8 Å². The molecule has 0 amide bonds. The van der Waals surface area contributed by atoms with Gasteiger partial charge < -0.3 is 9.84 Å². The summed E-state index contributed by atoms with van der Waals surface area (Å²) in [6, 6.07) is 7.74. The SMILES string of the molecule is COc1ccccc1C(=O)CN(CCO)C1CCCC1. The second-order valence-electron chi connectivity index (χ2n) is 5.26. The van der Waals surface area contributed by atoms with Gasteiger partial charge in [0, 0.05) is 12.6 Å². The van der Waals surface area contributed by atoms with Crippen LogP contribution in [0.3, 0.4) is 0 Å². The number of aliphatic hydroxyl groups excluding tert-OH is 1. The van der Waals surface area contributed by atoms with E-state index in [1.54, 1.807) is 19.2 Å². The van der Waals surface area contributed by atoms with Crippen molar-refractivity contribution in [3.8, 4) is 5.75 Å². The first-order chi connectivity index (χ1) is 9.76. The predicted molar refractivity (Wildman–Crippen MR) is 78.2 cm³/mol. The van der Waals surface area contributed by atoms with Crippen LogP contribution in [0, 0.1) is 0 Å². The Kier molecular flexibility index (Phi) is 5.56. The second-order valence-corrected chi connectivity index (χ2v) is 5.26. The Morgan fingerprint density at radius 2 is 2.05 bits per heavy atom. The molecule has 1 aromatic rings. The summed E-state index contributed by atoms with van der Waals surface area (Å²) in [5, 5.41) is 9.20. The average molecular weight is 277 g/mol. The van der Waals surface area contributed by atoms with Gasteiger partial charge in [0.25, 0.3) is 0 Å². The van der Waals surface area contributed by atoms with Gasteiger partial charge in [0.2, 0.25) is 0 Å². The zero-order chi connectivity index (χ0) is 14.4. The fraction of sp³-hybridized carbons (Fsp3) is 0.562. The molecular formula is C16H23NO3. The molecule has 1 saturated carbocycles. The van der Waals surface area contributed by atoms with Gasteiger partial charge in [-0.2, -0.15) is 0 Å². The smallest absolute Gasteiger partial charge is 0.180 e. The standard InChI is InChI=1S/C16H23NO3/c1-20-16-9-5-4-8-14(16)15(19)12-17(10-11-18)13-6-2-3-7-13/h4-5,8-9,13,18H,2-3,6-7,10-12H2,1H3. The van der Waals surface area contributed by atoms with E-state index in [9.17, 15) is 9.90 Å². The van der Waals surface area contributed by atoms with Crippen molar-refractivity contribution in [3.05, 3.63) is 29.8 Å². The van der Waals surface area contributed by atoms with E-state index >= 15 is 0 Å². The third kappa shape index (κ3) is 3.58. The van der Waals surface area contributed by atoms with Crippen LogP contribution in [-0.2, 0) is 0 Å². The Bertz CT molecular complexity index is 441. The predicted octanol–water partition coefficient (Wildman–Crippen LogP) is 2.11. The molecule has 2 rings (SSSR count). The average Bonchev–Trinajstić information content (AvgIpc) is 3.00. The Morgan fingerprint density at radius 3 is 2.70 bits per heavy atom. The summed E-state index contributed by atoms with van der Waals surface area (Å²) in [7, 11) is 1.58. The third-order valence-corrected chi connectivity index (χ3v) is 3.98. The quantitative estimate of drug-likeness (QED) is 0.776. The highest BCUT2D eigenvalue weighted by molar-refractivity contribution is 6.00. The topological polar surface area (TPSA) is 49.8 Å². The molecule has 1 aliphatic rings. The van der Waals surface area contributed by atoms with E-state index in [0.717, 1.165) is 12.8 Å². The van der Waals surface area contributed by atoms with Gasteiger partial charge in [0.15, 0.2) is 5.78 Å². The van der Waals surface area contributed by atoms with Crippen molar-refractivity contribution in [3.63, 3.8) is 0 Å². The second kappa shape index (κ2) is 7.41. The normalized spacial score (nSPS) is 15.8. The molecule has 0 saturated heterocycles. The molecule has 0 aromatic heterocycles. The molecule has 0 aliphatic heterocycles. The van der Waals surface area contributed by atoms with Crippen molar-refractivity contribution >= 4 is 5.78 Å². The van der Waals surface area contributed by atoms with E-state index in [2.05, 4.69) is 4.90 Å². The molecule has 1 N–H and O–H groups in total. The number of benzene rings is 1. The number of aliphatic hydroxyl groups is 1. The summed E-state index contributed by atoms with van der Waals surface area (Å²) in [4.78, 5) is 14.6. The molecule has 1 aromatic carbocycles. The lowest BCUT2D eigenvalue weighted by Crippen LogP contribution is -2.39. The number of hydrogen-bond acceptors (Lipinski definition) is 4. The minimum atomic E-state index is 0.0581. The van der Waals surface area contributed by atoms with Crippen molar-refractivity contribution in [1.82, 2.24) is 4.90 Å². The largest absolute Gasteiger partial charge is 0.496 e. The summed E-state index contributed by atoms with van der Waals surface area (Å²) in [5.74, 6) is 0.677. The van der Waals surface area contributed by atoms with E-state index in [4.69, 9.17) is 4.74 Å². The van der Waals surface area contributed by atoms with Crippen molar-refractivity contribution in [2.75, 3.05) is 26.8 Å². The van der Waals surface area contributed by atoms with Gasteiger partial charge in [-0.1, -0.05) is 25.0 Å². The first-order valence-electron chi connectivity index (χ1n) is 7.27. The third-order valence-electron chi connectivity index (χ3n) is 3.98. The lowest BCUT2D eigenvalue weighted by molar-refractivity contribution is 0.0859. The van der Waals surface area contributed by atoms with Crippen LogP contribution < -0.4 is 4.74 Å². The Hall–Kier alpha value is -1.39. The monoisotopic (exact) mass is 277 g/mol. The molecule has 0 heterocycles. The van der Waals surface area contributed by atoms with Gasteiger partial charge in [-0.15, -0.1) is 0 Å². The maximum atomic E-state index is 12.5. The molecule has 0 spiro atoms. The summed E-state index contributed by atoms with van der Waals surface area (Å²) < 4.78 is 5.24. The van der Waals surface area contributed by atoms with E-state index in [0.29, 0.717) is 30.4 Å². The van der Waals surface area contributed by atoms with Gasteiger partial charge in [-0.05, 0) is 25.0 Å². The number of ketones is 1. The van der Waals surface area contributed by atoms with Crippen LogP contribution >= 0.6 is 0 Å². The molecule has 4 heteroatoms. The molecule has 110 valence electrons. The van der Waals surface area contributed by atoms with Crippen LogP contribution in [0.2, 0.25) is 0 Å². The fourth-order valence-corrected chi connectivity index (χ4v) is 2.93. The molecule has 0 bridgehead atoms. The summed E-state index contributed by atoms with van der Waals surface area (Å²) >= 11 is 0. The number of Topliss-reactive ketones (excluding diaryl/α,β-unsaturated/α-hetero) is 1. The van der Waals surface area contributed by atoms with Gasteiger partial charge in [0.1, 0.15) is 5.75 Å². The van der Waals surface area contributed by atoms with Gasteiger partial charge in [-0.25, -0.2) is 0 Å². The molecule has 20 heavy (non-hydrogen) atoms. The first kappa shape index (κ1) is 15.0. The highest BCUT2D eigenvalue weighted by atomic mass is 16.5. The van der Waals surface area contributed by atoms with E-state index in [-0.39, 0.29) is 12.4 Å². The highest BCUT2D eigenvalue weighted by Crippen LogP contribution is 2.24. The summed E-state index contributed by atoms with van der Waals surface area (Å²) in [6.45, 7) is 1.01. The zero-order valence-corrected chi connectivity index (χ0v) is 12.0. The number of carbonyl (C=O) groups is 1. The van der Waals surface area contributed by atoms with E-state index in [1.807, 2.05) is 12.1 Å². The first-order valence-corrected chi connectivity index (χ1v) is 7.27. The maximum Gasteiger partial charge on any atom is 0.180 e. The molecule has 1 fully saturated rings. The summed E-state index contributed by atoms with van der Waals surface area (Å²) in [6.07, 6.45) is 4.68. The number of ether oxygens (including phenoxy) is 1. The maximum absolute atomic E-state index is 12.5. The van der Waals surface area contributed by atoms with Crippen LogP contribution in [0.5, 0.6) is 5.75 Å². The van der Waals surface area contributed by atoms with Gasteiger partial charge >= 0.3 is 0 Å². The van der Waals surface area contributed by atoms with E-state index < -0.39 is 0 Å². The molecule has 0 radical (unpaired) electrons. The number of nitrogens with zero attached hydrogens (tertiary/aromatic N) is 1. The molecule has 0 atom stereocenters. The Morgan fingerprint density at radius 1 is 1.35 bits per heavy atom. The van der Waals surface area contributed by atoms with E-state index in [1.165, 1.54) is 12.8 Å². The number of rotatable bonds is 7. The number of para-hydroxylation sites is 1. The Labute approximate surface area is 120 Å². The van der Waals surface area contributed by atoms with Crippen molar-refractivity contribution in [2.24, 2.45) is 0 Å². The number of hydrogen-bond donors (Lipinski definition) is 1. The zero-order valence-electron chi connectivity index (χ0n) is 12.0. The van der Waals surface area contributed by atoms with Crippen molar-refractivity contribution in [1.29, 1.82) is 0 Å². The Balaban J connectivity index is 2.07. The lowest BCUT2D eigenvalue weighted by Gasteiger charge is -2.27. The minimum absolute atomic E-state index is 0.0581. The minimum Gasteiger partial charge on any atom is -0.496 e. The number of carbonyl (C=O) groups excluding carboxylic acids is 1. The lowest BCUT2D eigenvalue weighted by atomic mass is 10.1. The van der Waals surface area contributed by atoms with Crippen LogP contribution in [0.15, 0.2) is 24.3 Å². The summed E-state index contributed by atoms with van der Waals surface area (Å²) in [5.41, 5.74) is 0.621. The number of methoxy groups -OCH3 is 1. The van der Waals surface area contributed by atoms with Crippen molar-refractivity contribution < 1.29 is 14.6 Å². The van der Waals surface area contributed by atoms with Crippen LogP contribution in [0.25, 0.3) is 0 Å². The van der Waals surface area contributed by atoms with Crippen LogP contribution in [0.4, 0.5) is 0 Å². The highest BCUT2D eigenvalue weighted by Gasteiger charge is 2.25. The van der Waals surface area contributed by atoms with Crippen LogP contribution in [-0.4, -0.2) is 48.6 Å². The van der Waals surface area contributed by atoms with Gasteiger partial charge in [-0.3, -0.25) is 9.69 Å². The molecule has 0 unspecified atom stereocenters.